The fourth-order valence-electron chi connectivity index (χ4n) is 4.21. The number of nitrogens with zero attached hydrogens (tertiary/aromatic N) is 1. The highest BCUT2D eigenvalue weighted by atomic mass is 16.5. The zero-order valence-electron chi connectivity index (χ0n) is 22.6. The van der Waals surface area contributed by atoms with E-state index >= 15 is 0 Å². The Morgan fingerprint density at radius 1 is 1.03 bits per heavy atom. The highest BCUT2D eigenvalue weighted by molar-refractivity contribution is 6.38. The molecule has 1 aromatic carbocycles. The molecule has 0 fully saturated rings. The van der Waals surface area contributed by atoms with Gasteiger partial charge in [0.15, 0.2) is 0 Å². The van der Waals surface area contributed by atoms with E-state index in [4.69, 9.17) is 4.74 Å². The fraction of sp³-hybridized carbons (Fsp3) is 0.464. The third kappa shape index (κ3) is 8.59. The summed E-state index contributed by atoms with van der Waals surface area (Å²) in [6.45, 7) is 7.36. The lowest BCUT2D eigenvalue weighted by molar-refractivity contribution is -0.140. The summed E-state index contributed by atoms with van der Waals surface area (Å²) in [7, 11) is 0. The van der Waals surface area contributed by atoms with E-state index in [2.05, 4.69) is 26.3 Å². The molecule has 210 valence electrons. The van der Waals surface area contributed by atoms with Crippen molar-refractivity contribution in [3.8, 4) is 0 Å². The van der Waals surface area contributed by atoms with Crippen LogP contribution in [0.1, 0.15) is 44.6 Å². The molecule has 2 heterocycles. The summed E-state index contributed by atoms with van der Waals surface area (Å²) >= 11 is 0. The van der Waals surface area contributed by atoms with Crippen molar-refractivity contribution in [2.75, 3.05) is 0 Å². The molecule has 0 saturated heterocycles. The van der Waals surface area contributed by atoms with Crippen LogP contribution in [0.2, 0.25) is 0 Å². The van der Waals surface area contributed by atoms with Crippen molar-refractivity contribution < 1.29 is 29.0 Å². The van der Waals surface area contributed by atoms with E-state index in [0.29, 0.717) is 11.4 Å². The Morgan fingerprint density at radius 3 is 2.38 bits per heavy atom. The van der Waals surface area contributed by atoms with Gasteiger partial charge in [-0.05, 0) is 29.5 Å². The molecule has 5 N–H and O–H groups in total. The third-order valence-corrected chi connectivity index (χ3v) is 6.42. The van der Waals surface area contributed by atoms with Gasteiger partial charge in [0.05, 0.1) is 24.3 Å². The molecule has 3 amide bonds. The number of ether oxygens (including phenoxy) is 1. The van der Waals surface area contributed by atoms with Gasteiger partial charge >= 0.3 is 6.09 Å². The molecule has 0 aliphatic carbocycles. The number of aliphatic hydroxyl groups excluding tert-OH is 1. The molecular formula is C28H37N5O6. The summed E-state index contributed by atoms with van der Waals surface area (Å²) in [6.07, 6.45) is -1.98. The first-order chi connectivity index (χ1) is 18.5. The lowest BCUT2D eigenvalue weighted by Gasteiger charge is -2.32. The number of hydrogen-bond acceptors (Lipinski definition) is 8. The van der Waals surface area contributed by atoms with Crippen LogP contribution in [-0.2, 0) is 38.7 Å². The number of ketones is 1. The molecule has 2 aromatic rings. The Bertz CT molecular complexity index is 1160. The van der Waals surface area contributed by atoms with Crippen molar-refractivity contribution in [3.63, 3.8) is 0 Å². The standard InChI is InChI=1S/C28H37N5O6/c1-16(2)22(25(35)31-21-13-19-11-8-12-20(30-19)14-29-27(37)24(21)34)32-26(36)23(17(3)4)33-28(38)39-15-18-9-6-5-7-10-18/h5-12,16-17,21-23,26,32,36H,13-15H2,1-4H3,(H,29,37)(H,31,35)(H,33,38). The Kier molecular flexibility index (Phi) is 10.5. The molecule has 0 radical (unpaired) electrons. The quantitative estimate of drug-likeness (QED) is 0.222. The zero-order chi connectivity index (χ0) is 28.5. The smallest absolute Gasteiger partial charge is 0.407 e. The fourth-order valence-corrected chi connectivity index (χ4v) is 4.21. The Hall–Kier alpha value is -3.83. The van der Waals surface area contributed by atoms with Crippen LogP contribution in [0.3, 0.4) is 0 Å². The second-order valence-electron chi connectivity index (χ2n) is 10.2. The number of aromatic nitrogens is 1. The van der Waals surface area contributed by atoms with Gasteiger partial charge in [-0.15, -0.1) is 0 Å². The molecule has 1 aromatic heterocycles. The maximum Gasteiger partial charge on any atom is 0.407 e. The maximum atomic E-state index is 13.3. The van der Waals surface area contributed by atoms with Crippen LogP contribution < -0.4 is 21.3 Å². The molecule has 4 atom stereocenters. The van der Waals surface area contributed by atoms with Crippen LogP contribution in [0.25, 0.3) is 0 Å². The number of Topliss-reactive ketones (excluding diaryl/α,β-unsaturated/α-hetero) is 1. The highest BCUT2D eigenvalue weighted by Crippen LogP contribution is 2.12. The minimum Gasteiger partial charge on any atom is -0.445 e. The van der Waals surface area contributed by atoms with Gasteiger partial charge < -0.3 is 25.8 Å². The number of nitrogens with one attached hydrogen (secondary N) is 4. The van der Waals surface area contributed by atoms with Gasteiger partial charge in [0.1, 0.15) is 18.9 Å². The summed E-state index contributed by atoms with van der Waals surface area (Å²) in [5, 5.41) is 21.7. The van der Waals surface area contributed by atoms with Crippen LogP contribution in [0.5, 0.6) is 0 Å². The molecule has 1 aliphatic heterocycles. The molecule has 1 aliphatic rings. The predicted molar refractivity (Wildman–Crippen MR) is 143 cm³/mol. The summed E-state index contributed by atoms with van der Waals surface area (Å²) in [5.41, 5.74) is 1.99. The summed E-state index contributed by atoms with van der Waals surface area (Å²) in [5.74, 6) is -2.68. The minimum atomic E-state index is -1.31. The van der Waals surface area contributed by atoms with Crippen LogP contribution >= 0.6 is 0 Å². The monoisotopic (exact) mass is 539 g/mol. The first-order valence-corrected chi connectivity index (χ1v) is 13.0. The number of carbonyl (C=O) groups excluding carboxylic acids is 4. The second kappa shape index (κ2) is 13.8. The van der Waals surface area contributed by atoms with Gasteiger partial charge in [0.25, 0.3) is 5.91 Å². The number of benzene rings is 1. The first kappa shape index (κ1) is 29.7. The Labute approximate surface area is 228 Å². The molecule has 3 rings (SSSR count). The van der Waals surface area contributed by atoms with Gasteiger partial charge in [0.2, 0.25) is 11.7 Å². The Balaban J connectivity index is 1.66. The van der Waals surface area contributed by atoms with Crippen LogP contribution in [0.15, 0.2) is 48.5 Å². The number of amides is 3. The van der Waals surface area contributed by atoms with Crippen molar-refractivity contribution in [3.05, 3.63) is 65.5 Å². The largest absolute Gasteiger partial charge is 0.445 e. The van der Waals surface area contributed by atoms with Crippen molar-refractivity contribution >= 4 is 23.7 Å². The number of carbonyl (C=O) groups is 4. The lowest BCUT2D eigenvalue weighted by Crippen LogP contribution is -2.61. The van der Waals surface area contributed by atoms with Crippen LogP contribution in [0, 0.1) is 11.8 Å². The number of aliphatic hydroxyl groups is 1. The summed E-state index contributed by atoms with van der Waals surface area (Å²) in [6, 6.07) is 11.6. The van der Waals surface area contributed by atoms with Crippen LogP contribution in [-0.4, -0.2) is 58.1 Å². The molecule has 4 unspecified atom stereocenters. The van der Waals surface area contributed by atoms with E-state index in [0.717, 1.165) is 5.56 Å². The topological polar surface area (TPSA) is 159 Å². The van der Waals surface area contributed by atoms with E-state index < -0.39 is 48.0 Å². The number of fused-ring (bicyclic) bond motifs is 2. The average Bonchev–Trinajstić information content (AvgIpc) is 2.94. The number of hydrogen-bond donors (Lipinski definition) is 5. The van der Waals surface area contributed by atoms with Gasteiger partial charge in [-0.3, -0.25) is 24.7 Å². The molecular weight excluding hydrogens is 502 g/mol. The molecule has 0 saturated carbocycles. The molecule has 11 heteroatoms. The lowest BCUT2D eigenvalue weighted by atomic mass is 9.98. The molecule has 2 bridgehead atoms. The van der Waals surface area contributed by atoms with Gasteiger partial charge in [-0.25, -0.2) is 4.79 Å². The number of pyridine rings is 1. The average molecular weight is 540 g/mol. The normalized spacial score (nSPS) is 17.8. The first-order valence-electron chi connectivity index (χ1n) is 13.0. The van der Waals surface area contributed by atoms with Gasteiger partial charge in [0, 0.05) is 12.1 Å². The van der Waals surface area contributed by atoms with Crippen LogP contribution in [0.4, 0.5) is 4.79 Å². The second-order valence-corrected chi connectivity index (χ2v) is 10.2. The van der Waals surface area contributed by atoms with Crippen molar-refractivity contribution in [1.82, 2.24) is 26.3 Å². The van der Waals surface area contributed by atoms with Crippen molar-refractivity contribution in [1.29, 1.82) is 0 Å². The molecule has 11 nitrogen and oxygen atoms in total. The highest BCUT2D eigenvalue weighted by Gasteiger charge is 2.34. The third-order valence-electron chi connectivity index (χ3n) is 6.42. The van der Waals surface area contributed by atoms with Crippen molar-refractivity contribution in [2.24, 2.45) is 11.8 Å². The predicted octanol–water partition coefficient (Wildman–Crippen LogP) is 1.19. The summed E-state index contributed by atoms with van der Waals surface area (Å²) in [4.78, 5) is 55.4. The van der Waals surface area contributed by atoms with E-state index in [9.17, 15) is 24.3 Å². The summed E-state index contributed by atoms with van der Waals surface area (Å²) < 4.78 is 5.28. The van der Waals surface area contributed by atoms with Gasteiger partial charge in [-0.2, -0.15) is 0 Å². The molecule has 0 spiro atoms. The van der Waals surface area contributed by atoms with E-state index in [1.165, 1.54) is 0 Å². The van der Waals surface area contributed by atoms with E-state index in [1.807, 2.05) is 44.2 Å². The van der Waals surface area contributed by atoms with E-state index in [-0.39, 0.29) is 31.4 Å². The Morgan fingerprint density at radius 2 is 1.72 bits per heavy atom. The van der Waals surface area contributed by atoms with E-state index in [1.54, 1.807) is 32.0 Å². The van der Waals surface area contributed by atoms with Gasteiger partial charge in [-0.1, -0.05) is 64.1 Å². The maximum absolute atomic E-state index is 13.3. The number of alkyl carbamates (subject to hydrolysis) is 1. The minimum absolute atomic E-state index is 0.0443. The zero-order valence-corrected chi connectivity index (χ0v) is 22.6. The number of rotatable bonds is 10. The molecule has 39 heavy (non-hydrogen) atoms. The van der Waals surface area contributed by atoms with Crippen molar-refractivity contribution in [2.45, 2.75) is 71.6 Å². The SMILES string of the molecule is CC(C)C(NC(O)C(NC(=O)OCc1ccccc1)C(C)C)C(=O)NC1Cc2cccc(n2)CNC(=O)C1=O.